The Morgan fingerprint density at radius 3 is 2.79 bits per heavy atom. The first kappa shape index (κ1) is 17.9. The molecule has 1 saturated heterocycles. The average Bonchev–Trinajstić information content (AvgIpc) is 3.06. The number of nitrogens with two attached hydrogens (primary N) is 1. The molecule has 5 N–H and O–H groups in total. The number of anilines is 1. The highest BCUT2D eigenvalue weighted by atomic mass is 16.2. The van der Waals surface area contributed by atoms with E-state index in [9.17, 15) is 14.4 Å². The van der Waals surface area contributed by atoms with Crippen molar-refractivity contribution in [3.63, 3.8) is 0 Å². The third kappa shape index (κ3) is 6.00. The van der Waals surface area contributed by atoms with Gasteiger partial charge in [0.05, 0.1) is 0 Å². The molecule has 7 nitrogen and oxygen atoms in total. The van der Waals surface area contributed by atoms with Gasteiger partial charge < -0.3 is 21.7 Å². The second-order valence-electron chi connectivity index (χ2n) is 6.00. The maximum atomic E-state index is 12.0. The van der Waals surface area contributed by atoms with Crippen LogP contribution in [-0.4, -0.2) is 37.4 Å². The van der Waals surface area contributed by atoms with Crippen molar-refractivity contribution in [2.24, 2.45) is 11.7 Å². The van der Waals surface area contributed by atoms with E-state index >= 15 is 0 Å². The van der Waals surface area contributed by atoms with Crippen molar-refractivity contribution < 1.29 is 14.4 Å². The molecule has 24 heavy (non-hydrogen) atoms. The molecule has 1 fully saturated rings. The lowest BCUT2D eigenvalue weighted by molar-refractivity contribution is -0.118. The lowest BCUT2D eigenvalue weighted by Gasteiger charge is -2.10. The van der Waals surface area contributed by atoms with Gasteiger partial charge in [-0.2, -0.15) is 0 Å². The molecule has 130 valence electrons. The van der Waals surface area contributed by atoms with Gasteiger partial charge >= 0.3 is 0 Å². The van der Waals surface area contributed by atoms with E-state index in [0.29, 0.717) is 23.6 Å². The number of amides is 3. The van der Waals surface area contributed by atoms with Crippen LogP contribution >= 0.6 is 0 Å². The Hall–Kier alpha value is -2.41. The van der Waals surface area contributed by atoms with Gasteiger partial charge in [0.1, 0.15) is 0 Å². The zero-order valence-electron chi connectivity index (χ0n) is 13.6. The normalized spacial score (nSPS) is 16.6. The number of nitrogens with one attached hydrogen (secondary N) is 3. The zero-order valence-corrected chi connectivity index (χ0v) is 13.6. The molecule has 1 atom stereocenters. The Bertz CT molecular complexity index is 597. The molecule has 1 aromatic rings. The van der Waals surface area contributed by atoms with Gasteiger partial charge in [-0.3, -0.25) is 14.4 Å². The van der Waals surface area contributed by atoms with E-state index in [1.54, 1.807) is 24.3 Å². The SMILES string of the molecule is NC(=O)CCNC(=O)c1cccc(NC(=O)CCC2CCNC2)c1. The van der Waals surface area contributed by atoms with Crippen molar-refractivity contribution >= 4 is 23.4 Å². The number of primary amides is 1. The highest BCUT2D eigenvalue weighted by molar-refractivity contribution is 5.97. The van der Waals surface area contributed by atoms with E-state index < -0.39 is 5.91 Å². The minimum Gasteiger partial charge on any atom is -0.370 e. The number of carbonyl (C=O) groups is 3. The Balaban J connectivity index is 1.81. The summed E-state index contributed by atoms with van der Waals surface area (Å²) in [5.74, 6) is -0.246. The predicted octanol–water partition coefficient (Wildman–Crippen LogP) is 0.620. The van der Waals surface area contributed by atoms with Gasteiger partial charge in [0.25, 0.3) is 5.91 Å². The van der Waals surface area contributed by atoms with E-state index in [0.717, 1.165) is 25.9 Å². The summed E-state index contributed by atoms with van der Waals surface area (Å²) in [5, 5.41) is 8.72. The van der Waals surface area contributed by atoms with Crippen LogP contribution in [0.2, 0.25) is 0 Å². The average molecular weight is 332 g/mol. The van der Waals surface area contributed by atoms with E-state index in [1.165, 1.54) is 0 Å². The number of carbonyl (C=O) groups excluding carboxylic acids is 3. The summed E-state index contributed by atoms with van der Waals surface area (Å²) in [5.41, 5.74) is 6.05. The van der Waals surface area contributed by atoms with Crippen LogP contribution in [-0.2, 0) is 9.59 Å². The summed E-state index contributed by atoms with van der Waals surface area (Å²) in [7, 11) is 0. The van der Waals surface area contributed by atoms with Gasteiger partial charge in [0, 0.05) is 30.6 Å². The molecule has 2 rings (SSSR count). The standard InChI is InChI=1S/C17H24N4O3/c18-15(22)7-9-20-17(24)13-2-1-3-14(10-13)21-16(23)5-4-12-6-8-19-11-12/h1-3,10,12,19H,4-9,11H2,(H2,18,22)(H,20,24)(H,21,23). The van der Waals surface area contributed by atoms with Gasteiger partial charge in [0.15, 0.2) is 0 Å². The van der Waals surface area contributed by atoms with Crippen LogP contribution in [0.25, 0.3) is 0 Å². The molecule has 0 bridgehead atoms. The third-order valence-corrected chi connectivity index (χ3v) is 4.01. The van der Waals surface area contributed by atoms with Crippen LogP contribution in [0.4, 0.5) is 5.69 Å². The van der Waals surface area contributed by atoms with Crippen LogP contribution in [0.15, 0.2) is 24.3 Å². The van der Waals surface area contributed by atoms with Gasteiger partial charge in [-0.1, -0.05) is 6.07 Å². The molecule has 1 unspecified atom stereocenters. The minimum atomic E-state index is -0.464. The monoisotopic (exact) mass is 332 g/mol. The minimum absolute atomic E-state index is 0.0480. The lowest BCUT2D eigenvalue weighted by Crippen LogP contribution is -2.27. The highest BCUT2D eigenvalue weighted by Gasteiger charge is 2.16. The predicted molar refractivity (Wildman–Crippen MR) is 91.4 cm³/mol. The number of rotatable bonds is 8. The van der Waals surface area contributed by atoms with Crippen LogP contribution in [0.3, 0.4) is 0 Å². The molecular formula is C17H24N4O3. The molecule has 0 aromatic heterocycles. The number of benzene rings is 1. The summed E-state index contributed by atoms with van der Waals surface area (Å²) < 4.78 is 0. The Morgan fingerprint density at radius 1 is 1.25 bits per heavy atom. The molecule has 7 heteroatoms. The third-order valence-electron chi connectivity index (χ3n) is 4.01. The molecule has 1 aromatic carbocycles. The van der Waals surface area contributed by atoms with Crippen molar-refractivity contribution in [2.45, 2.75) is 25.7 Å². The highest BCUT2D eigenvalue weighted by Crippen LogP contribution is 2.16. The summed E-state index contributed by atoms with van der Waals surface area (Å²) in [6, 6.07) is 6.72. The van der Waals surface area contributed by atoms with E-state index in [4.69, 9.17) is 5.73 Å². The lowest BCUT2D eigenvalue weighted by atomic mass is 10.0. The maximum absolute atomic E-state index is 12.0. The summed E-state index contributed by atoms with van der Waals surface area (Å²) in [6.45, 7) is 2.20. The van der Waals surface area contributed by atoms with Crippen LogP contribution in [0, 0.1) is 5.92 Å². The largest absolute Gasteiger partial charge is 0.370 e. The molecule has 1 heterocycles. The number of hydrogen-bond acceptors (Lipinski definition) is 4. The summed E-state index contributed by atoms with van der Waals surface area (Å²) in [6.07, 6.45) is 2.56. The first-order chi connectivity index (χ1) is 11.5. The van der Waals surface area contributed by atoms with Crippen molar-refractivity contribution in [3.05, 3.63) is 29.8 Å². The van der Waals surface area contributed by atoms with Gasteiger partial charge in [0.2, 0.25) is 11.8 Å². The molecule has 0 radical (unpaired) electrons. The fourth-order valence-corrected chi connectivity index (χ4v) is 2.66. The Morgan fingerprint density at radius 2 is 2.08 bits per heavy atom. The van der Waals surface area contributed by atoms with Crippen LogP contribution in [0.5, 0.6) is 0 Å². The molecule has 1 aliphatic heterocycles. The smallest absolute Gasteiger partial charge is 0.251 e. The zero-order chi connectivity index (χ0) is 17.4. The summed E-state index contributed by atoms with van der Waals surface area (Å²) >= 11 is 0. The fourth-order valence-electron chi connectivity index (χ4n) is 2.66. The first-order valence-electron chi connectivity index (χ1n) is 8.21. The first-order valence-corrected chi connectivity index (χ1v) is 8.21. The van der Waals surface area contributed by atoms with E-state index in [-0.39, 0.29) is 24.8 Å². The molecule has 1 aliphatic rings. The molecule has 3 amide bonds. The Labute approximate surface area is 141 Å². The molecule has 0 aliphatic carbocycles. The molecule has 0 spiro atoms. The van der Waals surface area contributed by atoms with Gasteiger partial charge in [-0.25, -0.2) is 0 Å². The van der Waals surface area contributed by atoms with Crippen LogP contribution in [0.1, 0.15) is 36.0 Å². The van der Waals surface area contributed by atoms with Gasteiger partial charge in [-0.15, -0.1) is 0 Å². The second-order valence-corrected chi connectivity index (χ2v) is 6.00. The van der Waals surface area contributed by atoms with E-state index in [1.807, 2.05) is 0 Å². The van der Waals surface area contributed by atoms with Crippen molar-refractivity contribution in [1.29, 1.82) is 0 Å². The van der Waals surface area contributed by atoms with Crippen LogP contribution < -0.4 is 21.7 Å². The topological polar surface area (TPSA) is 113 Å². The van der Waals surface area contributed by atoms with Crippen molar-refractivity contribution in [1.82, 2.24) is 10.6 Å². The fraction of sp³-hybridized carbons (Fsp3) is 0.471. The van der Waals surface area contributed by atoms with Gasteiger partial charge in [-0.05, 0) is 50.0 Å². The second kappa shape index (κ2) is 9.02. The molecular weight excluding hydrogens is 308 g/mol. The summed E-state index contributed by atoms with van der Waals surface area (Å²) in [4.78, 5) is 34.7. The van der Waals surface area contributed by atoms with Crippen molar-refractivity contribution in [3.8, 4) is 0 Å². The van der Waals surface area contributed by atoms with E-state index in [2.05, 4.69) is 16.0 Å². The Kier molecular flexibility index (Phi) is 6.74. The maximum Gasteiger partial charge on any atom is 0.251 e. The quantitative estimate of drug-likeness (QED) is 0.559. The molecule has 0 saturated carbocycles. The number of hydrogen-bond donors (Lipinski definition) is 4. The van der Waals surface area contributed by atoms with Crippen molar-refractivity contribution in [2.75, 3.05) is 25.0 Å².